The van der Waals surface area contributed by atoms with Crippen LogP contribution in [-0.4, -0.2) is 33.5 Å². The van der Waals surface area contributed by atoms with Gasteiger partial charge in [0.15, 0.2) is 0 Å². The third kappa shape index (κ3) is 4.71. The smallest absolute Gasteiger partial charge is 0.255 e. The van der Waals surface area contributed by atoms with Gasteiger partial charge in [-0.05, 0) is 28.8 Å². The zero-order valence-corrected chi connectivity index (χ0v) is 17.3. The highest BCUT2D eigenvalue weighted by molar-refractivity contribution is 7.98. The number of thioether (sulfide) groups is 1. The van der Waals surface area contributed by atoms with E-state index in [1.54, 1.807) is 29.1 Å². The Morgan fingerprint density at radius 1 is 1.03 bits per heavy atom. The van der Waals surface area contributed by atoms with Gasteiger partial charge >= 0.3 is 0 Å². The second-order valence-electron chi connectivity index (χ2n) is 7.19. The van der Waals surface area contributed by atoms with E-state index in [0.717, 1.165) is 16.9 Å². The molecule has 30 heavy (non-hydrogen) atoms. The summed E-state index contributed by atoms with van der Waals surface area (Å²) >= 11 is 1.66. The third-order valence-corrected chi connectivity index (χ3v) is 6.19. The summed E-state index contributed by atoms with van der Waals surface area (Å²) in [5.41, 5.74) is 3.79. The molecule has 3 aromatic rings. The van der Waals surface area contributed by atoms with Gasteiger partial charge in [-0.15, -0.1) is 0 Å². The summed E-state index contributed by atoms with van der Waals surface area (Å²) in [6.45, 7) is 0.855. The Hall–Kier alpha value is -3.12. The molecule has 2 amide bonds. The van der Waals surface area contributed by atoms with Gasteiger partial charge in [0.05, 0.1) is 0 Å². The molecule has 0 aliphatic carbocycles. The molecule has 0 radical (unpaired) electrons. The highest BCUT2D eigenvalue weighted by Gasteiger charge is 2.36. The Kier molecular flexibility index (Phi) is 6.44. The first-order valence-electron chi connectivity index (χ1n) is 9.89. The molecule has 0 saturated carbocycles. The first-order valence-corrected chi connectivity index (χ1v) is 11.0. The second kappa shape index (κ2) is 9.59. The maximum atomic E-state index is 13.1. The van der Waals surface area contributed by atoms with Crippen LogP contribution in [0.25, 0.3) is 0 Å². The van der Waals surface area contributed by atoms with Crippen molar-refractivity contribution < 1.29 is 9.59 Å². The van der Waals surface area contributed by atoms with Gasteiger partial charge in [0.2, 0.25) is 5.91 Å². The number of nitrogens with zero attached hydrogens (tertiary/aromatic N) is 2. The number of aromatic nitrogens is 1. The Bertz CT molecular complexity index is 1010. The maximum absolute atomic E-state index is 13.1. The molecular formula is C24H23N3O2S. The number of amides is 2. The number of rotatable bonds is 8. The van der Waals surface area contributed by atoms with Crippen LogP contribution in [0.2, 0.25) is 0 Å². The van der Waals surface area contributed by atoms with Gasteiger partial charge in [0.1, 0.15) is 6.04 Å². The molecule has 0 fully saturated rings. The average molecular weight is 418 g/mol. The van der Waals surface area contributed by atoms with E-state index in [4.69, 9.17) is 0 Å². The van der Waals surface area contributed by atoms with Crippen LogP contribution < -0.4 is 5.32 Å². The van der Waals surface area contributed by atoms with E-state index in [1.165, 1.54) is 5.56 Å². The number of hydrogen-bond donors (Lipinski definition) is 1. The van der Waals surface area contributed by atoms with Crippen molar-refractivity contribution >= 4 is 23.6 Å². The molecular weight excluding hydrogens is 394 g/mol. The molecule has 0 saturated heterocycles. The molecule has 1 aromatic heterocycles. The summed E-state index contributed by atoms with van der Waals surface area (Å²) in [5, 5.41) is 2.99. The summed E-state index contributed by atoms with van der Waals surface area (Å²) in [7, 11) is 0. The number of nitrogens with one attached hydrogen (secondary N) is 1. The van der Waals surface area contributed by atoms with Gasteiger partial charge in [0.25, 0.3) is 5.91 Å². The lowest BCUT2D eigenvalue weighted by atomic mass is 10.1. The minimum Gasteiger partial charge on any atom is -0.350 e. The standard InChI is InChI=1S/C24H23N3O2S/c28-23(26-14-19-9-6-12-25-13-19)22(17-30-16-18-7-2-1-3-8-18)27-15-20-10-4-5-11-21(20)24(27)29/h1-13,22H,14-17H2,(H,26,28). The molecule has 1 aliphatic heterocycles. The van der Waals surface area contributed by atoms with Crippen LogP contribution in [0, 0.1) is 0 Å². The SMILES string of the molecule is O=C(NCc1cccnc1)C(CSCc1ccccc1)N1Cc2ccccc2C1=O. The molecule has 5 nitrogen and oxygen atoms in total. The van der Waals surface area contributed by atoms with E-state index in [0.29, 0.717) is 24.4 Å². The van der Waals surface area contributed by atoms with E-state index < -0.39 is 6.04 Å². The van der Waals surface area contributed by atoms with E-state index in [2.05, 4.69) is 22.4 Å². The lowest BCUT2D eigenvalue weighted by Gasteiger charge is -2.27. The quantitative estimate of drug-likeness (QED) is 0.608. The van der Waals surface area contributed by atoms with Crippen molar-refractivity contribution in [3.8, 4) is 0 Å². The zero-order chi connectivity index (χ0) is 20.8. The third-order valence-electron chi connectivity index (χ3n) is 5.11. The topological polar surface area (TPSA) is 62.3 Å². The highest BCUT2D eigenvalue weighted by atomic mass is 32.2. The maximum Gasteiger partial charge on any atom is 0.255 e. The fraction of sp³-hybridized carbons (Fsp3) is 0.208. The number of hydrogen-bond acceptors (Lipinski definition) is 4. The number of carbonyl (C=O) groups excluding carboxylic acids is 2. The molecule has 152 valence electrons. The lowest BCUT2D eigenvalue weighted by molar-refractivity contribution is -0.125. The van der Waals surface area contributed by atoms with E-state index in [-0.39, 0.29) is 11.8 Å². The fourth-order valence-electron chi connectivity index (χ4n) is 3.51. The molecule has 1 aliphatic rings. The van der Waals surface area contributed by atoms with Crippen molar-refractivity contribution in [1.82, 2.24) is 15.2 Å². The zero-order valence-electron chi connectivity index (χ0n) is 16.5. The monoisotopic (exact) mass is 417 g/mol. The fourth-order valence-corrected chi connectivity index (χ4v) is 4.61. The molecule has 2 heterocycles. The van der Waals surface area contributed by atoms with E-state index >= 15 is 0 Å². The van der Waals surface area contributed by atoms with Crippen LogP contribution in [0.3, 0.4) is 0 Å². The number of benzene rings is 2. The number of fused-ring (bicyclic) bond motifs is 1. The number of carbonyl (C=O) groups is 2. The Labute approximate surface area is 180 Å². The first-order chi connectivity index (χ1) is 14.7. The highest BCUT2D eigenvalue weighted by Crippen LogP contribution is 2.26. The molecule has 0 spiro atoms. The molecule has 6 heteroatoms. The van der Waals surface area contributed by atoms with Crippen molar-refractivity contribution in [3.05, 3.63) is 101 Å². The Morgan fingerprint density at radius 3 is 2.57 bits per heavy atom. The minimum absolute atomic E-state index is 0.0764. The van der Waals surface area contributed by atoms with Gasteiger partial charge in [-0.1, -0.05) is 54.6 Å². The predicted molar refractivity (Wildman–Crippen MR) is 119 cm³/mol. The molecule has 0 bridgehead atoms. The molecule has 1 N–H and O–H groups in total. The second-order valence-corrected chi connectivity index (χ2v) is 8.22. The normalized spacial score (nSPS) is 13.7. The summed E-state index contributed by atoms with van der Waals surface area (Å²) in [5.74, 6) is 1.11. The van der Waals surface area contributed by atoms with Gasteiger partial charge < -0.3 is 10.2 Å². The summed E-state index contributed by atoms with van der Waals surface area (Å²) in [6.07, 6.45) is 3.44. The lowest BCUT2D eigenvalue weighted by Crippen LogP contribution is -2.48. The van der Waals surface area contributed by atoms with Gasteiger partial charge in [0, 0.05) is 42.6 Å². The van der Waals surface area contributed by atoms with Crippen molar-refractivity contribution in [1.29, 1.82) is 0 Å². The summed E-state index contributed by atoms with van der Waals surface area (Å²) in [4.78, 5) is 31.9. The molecule has 1 atom stereocenters. The van der Waals surface area contributed by atoms with Crippen molar-refractivity contribution in [2.75, 3.05) is 5.75 Å². The first kappa shape index (κ1) is 20.2. The van der Waals surface area contributed by atoms with Gasteiger partial charge in [-0.3, -0.25) is 14.6 Å². The van der Waals surface area contributed by atoms with E-state index in [1.807, 2.05) is 54.6 Å². The van der Waals surface area contributed by atoms with Crippen LogP contribution in [0.15, 0.2) is 79.1 Å². The Balaban J connectivity index is 1.46. The molecule has 1 unspecified atom stereocenters. The molecule has 2 aromatic carbocycles. The van der Waals surface area contributed by atoms with Crippen molar-refractivity contribution in [2.45, 2.75) is 24.9 Å². The van der Waals surface area contributed by atoms with Crippen LogP contribution in [0.1, 0.15) is 27.0 Å². The number of pyridine rings is 1. The van der Waals surface area contributed by atoms with Crippen LogP contribution in [-0.2, 0) is 23.6 Å². The predicted octanol–water partition coefficient (Wildman–Crippen LogP) is 3.66. The van der Waals surface area contributed by atoms with E-state index in [9.17, 15) is 9.59 Å². The summed E-state index contributed by atoms with van der Waals surface area (Å²) in [6, 6.07) is 21.0. The van der Waals surface area contributed by atoms with Crippen LogP contribution in [0.5, 0.6) is 0 Å². The summed E-state index contributed by atoms with van der Waals surface area (Å²) < 4.78 is 0. The Morgan fingerprint density at radius 2 is 1.80 bits per heavy atom. The van der Waals surface area contributed by atoms with Gasteiger partial charge in [-0.25, -0.2) is 0 Å². The van der Waals surface area contributed by atoms with Crippen LogP contribution in [0.4, 0.5) is 0 Å². The van der Waals surface area contributed by atoms with Crippen LogP contribution >= 0.6 is 11.8 Å². The average Bonchev–Trinajstić information content (AvgIpc) is 3.13. The largest absolute Gasteiger partial charge is 0.350 e. The van der Waals surface area contributed by atoms with Crippen molar-refractivity contribution in [3.63, 3.8) is 0 Å². The van der Waals surface area contributed by atoms with Gasteiger partial charge in [-0.2, -0.15) is 11.8 Å². The molecule has 4 rings (SSSR count). The van der Waals surface area contributed by atoms with Crippen molar-refractivity contribution in [2.24, 2.45) is 0 Å². The minimum atomic E-state index is -0.532.